The summed E-state index contributed by atoms with van der Waals surface area (Å²) in [6.45, 7) is 0. The molecular weight excluding hydrogens is 374 g/mol. The van der Waals surface area contributed by atoms with Gasteiger partial charge in [0.05, 0.1) is 22.0 Å². The van der Waals surface area contributed by atoms with Crippen LogP contribution in [0, 0.1) is 0 Å². The average molecular weight is 384 g/mol. The van der Waals surface area contributed by atoms with Crippen LogP contribution in [-0.4, -0.2) is 18.2 Å². The number of aromatic nitrogens is 2. The van der Waals surface area contributed by atoms with Gasteiger partial charge in [0, 0.05) is 6.20 Å². The zero-order chi connectivity index (χ0) is 14.9. The van der Waals surface area contributed by atoms with Crippen LogP contribution in [0.5, 0.6) is 0 Å². The normalized spacial score (nSPS) is 11.5. The van der Waals surface area contributed by atoms with Gasteiger partial charge in [-0.25, -0.2) is 13.1 Å². The lowest BCUT2D eigenvalue weighted by Gasteiger charge is -2.11. The molecule has 0 aliphatic carbocycles. The Morgan fingerprint density at radius 1 is 1.19 bits per heavy atom. The molecule has 0 aliphatic rings. The Hall–Kier alpha value is -1.64. The molecule has 1 N–H and O–H groups in total. The molecule has 0 unspecified atom stereocenters. The summed E-state index contributed by atoms with van der Waals surface area (Å²) in [6.07, 6.45) is 3.41. The van der Waals surface area contributed by atoms with Crippen molar-refractivity contribution in [3.8, 4) is 5.69 Å². The summed E-state index contributed by atoms with van der Waals surface area (Å²) < 4.78 is 29.9. The van der Waals surface area contributed by atoms with Gasteiger partial charge >= 0.3 is 0 Å². The van der Waals surface area contributed by atoms with Crippen molar-refractivity contribution in [3.63, 3.8) is 0 Å². The van der Waals surface area contributed by atoms with Crippen molar-refractivity contribution in [2.75, 3.05) is 4.72 Å². The molecule has 0 saturated carbocycles. The van der Waals surface area contributed by atoms with Gasteiger partial charge in [-0.1, -0.05) is 18.2 Å². The van der Waals surface area contributed by atoms with Crippen LogP contribution in [-0.2, 0) is 10.0 Å². The predicted octanol–water partition coefficient (Wildman–Crippen LogP) is 3.50. The average Bonchev–Trinajstić information content (AvgIpc) is 3.10. The summed E-state index contributed by atoms with van der Waals surface area (Å²) in [6, 6.07) is 10.4. The number of para-hydroxylation sites is 2. The van der Waals surface area contributed by atoms with Crippen LogP contribution in [0.15, 0.2) is 62.9 Å². The molecule has 5 nitrogen and oxygen atoms in total. The first-order valence-electron chi connectivity index (χ1n) is 5.92. The highest BCUT2D eigenvalue weighted by Gasteiger charge is 2.17. The molecule has 108 valence electrons. The topological polar surface area (TPSA) is 64.0 Å². The van der Waals surface area contributed by atoms with Crippen LogP contribution in [0.3, 0.4) is 0 Å². The van der Waals surface area contributed by atoms with Crippen molar-refractivity contribution in [3.05, 3.63) is 58.6 Å². The molecule has 0 aliphatic heterocycles. The third-order valence-electron chi connectivity index (χ3n) is 2.71. The van der Waals surface area contributed by atoms with Crippen molar-refractivity contribution in [2.24, 2.45) is 0 Å². The van der Waals surface area contributed by atoms with Crippen molar-refractivity contribution in [1.82, 2.24) is 9.78 Å². The third-order valence-corrected chi connectivity index (χ3v) is 5.88. The Morgan fingerprint density at radius 3 is 2.67 bits per heavy atom. The van der Waals surface area contributed by atoms with E-state index in [4.69, 9.17) is 0 Å². The van der Waals surface area contributed by atoms with E-state index in [0.29, 0.717) is 11.4 Å². The minimum absolute atomic E-state index is 0.277. The lowest BCUT2D eigenvalue weighted by Crippen LogP contribution is -2.13. The van der Waals surface area contributed by atoms with E-state index in [0.717, 1.165) is 4.47 Å². The Kier molecular flexibility index (Phi) is 3.83. The van der Waals surface area contributed by atoms with E-state index < -0.39 is 10.0 Å². The fourth-order valence-electron chi connectivity index (χ4n) is 1.80. The van der Waals surface area contributed by atoms with E-state index in [1.807, 2.05) is 6.07 Å². The predicted molar refractivity (Wildman–Crippen MR) is 86.4 cm³/mol. The van der Waals surface area contributed by atoms with Gasteiger partial charge < -0.3 is 0 Å². The summed E-state index contributed by atoms with van der Waals surface area (Å²) >= 11 is 4.50. The van der Waals surface area contributed by atoms with Crippen molar-refractivity contribution in [1.29, 1.82) is 0 Å². The Bertz CT molecular complexity index is 857. The number of thiophene rings is 1. The van der Waals surface area contributed by atoms with E-state index in [2.05, 4.69) is 25.8 Å². The summed E-state index contributed by atoms with van der Waals surface area (Å²) in [7, 11) is -3.58. The highest BCUT2D eigenvalue weighted by molar-refractivity contribution is 9.10. The maximum Gasteiger partial charge on any atom is 0.271 e. The molecule has 0 atom stereocenters. The molecule has 2 heterocycles. The minimum Gasteiger partial charge on any atom is -0.277 e. The van der Waals surface area contributed by atoms with Crippen LogP contribution < -0.4 is 4.72 Å². The molecule has 2 aromatic heterocycles. The third kappa shape index (κ3) is 3.02. The van der Waals surface area contributed by atoms with Crippen LogP contribution in [0.2, 0.25) is 0 Å². The lowest BCUT2D eigenvalue weighted by atomic mass is 10.3. The molecule has 8 heteroatoms. The number of halogens is 1. The number of nitrogens with one attached hydrogen (secondary N) is 1. The van der Waals surface area contributed by atoms with E-state index in [1.165, 1.54) is 11.3 Å². The van der Waals surface area contributed by atoms with E-state index >= 15 is 0 Å². The molecule has 0 spiro atoms. The number of hydrogen-bond donors (Lipinski definition) is 1. The van der Waals surface area contributed by atoms with Crippen LogP contribution in [0.1, 0.15) is 0 Å². The fraction of sp³-hybridized carbons (Fsp3) is 0. The molecule has 0 saturated heterocycles. The molecule has 0 fully saturated rings. The van der Waals surface area contributed by atoms with Gasteiger partial charge in [-0.3, -0.25) is 4.72 Å². The maximum absolute atomic E-state index is 12.3. The minimum atomic E-state index is -3.58. The maximum atomic E-state index is 12.3. The van der Waals surface area contributed by atoms with Gasteiger partial charge in [0.2, 0.25) is 0 Å². The molecule has 21 heavy (non-hydrogen) atoms. The number of rotatable bonds is 4. The molecular formula is C13H10BrN3O2S2. The highest BCUT2D eigenvalue weighted by atomic mass is 79.9. The highest BCUT2D eigenvalue weighted by Crippen LogP contribution is 2.25. The van der Waals surface area contributed by atoms with Gasteiger partial charge in [0.25, 0.3) is 10.0 Å². The van der Waals surface area contributed by atoms with Gasteiger partial charge in [-0.05, 0) is 39.5 Å². The van der Waals surface area contributed by atoms with Crippen molar-refractivity contribution in [2.45, 2.75) is 4.21 Å². The fourth-order valence-corrected chi connectivity index (χ4v) is 4.16. The number of anilines is 1. The molecule has 3 aromatic rings. The second kappa shape index (κ2) is 5.63. The zero-order valence-corrected chi connectivity index (χ0v) is 13.8. The standard InChI is InChI=1S/C13H10BrN3O2S2/c14-10-8-15-17(9-10)12-5-2-1-4-11(12)16-21(18,19)13-6-3-7-20-13/h1-9,16H. The molecule has 0 bridgehead atoms. The Balaban J connectivity index is 2.01. The van der Waals surface area contributed by atoms with Gasteiger partial charge in [0.15, 0.2) is 0 Å². The summed E-state index contributed by atoms with van der Waals surface area (Å²) in [5, 5.41) is 5.90. The van der Waals surface area contributed by atoms with Crippen molar-refractivity contribution < 1.29 is 8.42 Å². The molecule has 1 aromatic carbocycles. The monoisotopic (exact) mass is 383 g/mol. The molecule has 0 amide bonds. The quantitative estimate of drug-likeness (QED) is 0.749. The first-order valence-corrected chi connectivity index (χ1v) is 9.08. The van der Waals surface area contributed by atoms with E-state index in [9.17, 15) is 8.42 Å². The van der Waals surface area contributed by atoms with Crippen molar-refractivity contribution >= 4 is 43.0 Å². The summed E-state index contributed by atoms with van der Waals surface area (Å²) in [4.78, 5) is 0. The Labute approximate surface area is 134 Å². The largest absolute Gasteiger partial charge is 0.277 e. The summed E-state index contributed by atoms with van der Waals surface area (Å²) in [5.74, 6) is 0. The van der Waals surface area contributed by atoms with Crippen LogP contribution in [0.4, 0.5) is 5.69 Å². The van der Waals surface area contributed by atoms with Crippen LogP contribution >= 0.6 is 27.3 Å². The number of nitrogens with zero attached hydrogens (tertiary/aromatic N) is 2. The number of benzene rings is 1. The Morgan fingerprint density at radius 2 is 2.00 bits per heavy atom. The zero-order valence-electron chi connectivity index (χ0n) is 10.6. The SMILES string of the molecule is O=S(=O)(Nc1ccccc1-n1cc(Br)cn1)c1cccs1. The van der Waals surface area contributed by atoms with Gasteiger partial charge in [-0.2, -0.15) is 5.10 Å². The molecule has 0 radical (unpaired) electrons. The second-order valence-corrected chi connectivity index (χ2v) is 7.93. The summed E-state index contributed by atoms with van der Waals surface area (Å²) in [5.41, 5.74) is 1.13. The number of hydrogen-bond acceptors (Lipinski definition) is 4. The van der Waals surface area contributed by atoms with Crippen LogP contribution in [0.25, 0.3) is 5.69 Å². The molecule has 3 rings (SSSR count). The van der Waals surface area contributed by atoms with Gasteiger partial charge in [0.1, 0.15) is 4.21 Å². The smallest absolute Gasteiger partial charge is 0.271 e. The van der Waals surface area contributed by atoms with E-state index in [1.54, 1.807) is 52.8 Å². The number of sulfonamides is 1. The second-order valence-electron chi connectivity index (χ2n) is 4.16. The van der Waals surface area contributed by atoms with E-state index in [-0.39, 0.29) is 4.21 Å². The lowest BCUT2D eigenvalue weighted by molar-refractivity contribution is 0.603. The van der Waals surface area contributed by atoms with Gasteiger partial charge in [-0.15, -0.1) is 11.3 Å². The first kappa shape index (κ1) is 14.3. The first-order chi connectivity index (χ1) is 10.1.